The van der Waals surface area contributed by atoms with Crippen LogP contribution in [0.4, 0.5) is 4.39 Å². The lowest BCUT2D eigenvalue weighted by atomic mass is 9.78. The van der Waals surface area contributed by atoms with Crippen LogP contribution in [0.2, 0.25) is 0 Å². The van der Waals surface area contributed by atoms with E-state index in [9.17, 15) is 14.0 Å². The Morgan fingerprint density at radius 2 is 1.91 bits per heavy atom. The number of carbonyl (C=O) groups is 2. The normalized spacial score (nSPS) is 16.1. The molecule has 0 spiro atoms. The zero-order valence-electron chi connectivity index (χ0n) is 13.7. The van der Waals surface area contributed by atoms with Crippen LogP contribution in [0, 0.1) is 5.82 Å². The van der Waals surface area contributed by atoms with E-state index in [-0.39, 0.29) is 24.1 Å². The quantitative estimate of drug-likeness (QED) is 0.811. The van der Waals surface area contributed by atoms with Crippen molar-refractivity contribution < 1.29 is 14.0 Å². The summed E-state index contributed by atoms with van der Waals surface area (Å²) in [5.74, 6) is -0.470. The van der Waals surface area contributed by atoms with Gasteiger partial charge in [-0.15, -0.1) is 0 Å². The summed E-state index contributed by atoms with van der Waals surface area (Å²) in [4.78, 5) is 24.3. The molecule has 1 fully saturated rings. The van der Waals surface area contributed by atoms with Crippen LogP contribution in [0.25, 0.3) is 0 Å². The molecule has 4 nitrogen and oxygen atoms in total. The van der Waals surface area contributed by atoms with E-state index < -0.39 is 5.41 Å². The van der Waals surface area contributed by atoms with Gasteiger partial charge in [0.2, 0.25) is 11.8 Å². The van der Waals surface area contributed by atoms with Gasteiger partial charge in [-0.05, 0) is 37.0 Å². The van der Waals surface area contributed by atoms with Crippen LogP contribution in [0.1, 0.15) is 51.0 Å². The molecule has 1 aliphatic rings. The van der Waals surface area contributed by atoms with E-state index in [1.807, 2.05) is 13.0 Å². The molecule has 0 radical (unpaired) electrons. The van der Waals surface area contributed by atoms with Crippen molar-refractivity contribution in [3.05, 3.63) is 35.6 Å². The average Bonchev–Trinajstić information content (AvgIpc) is 3.04. The summed E-state index contributed by atoms with van der Waals surface area (Å²) in [7, 11) is 0. The second-order valence-electron chi connectivity index (χ2n) is 6.16. The van der Waals surface area contributed by atoms with Gasteiger partial charge in [0, 0.05) is 19.5 Å². The number of benzene rings is 1. The summed E-state index contributed by atoms with van der Waals surface area (Å²) in [6.07, 6.45) is 4.53. The molecule has 2 N–H and O–H groups in total. The zero-order chi connectivity index (χ0) is 16.7. The van der Waals surface area contributed by atoms with E-state index in [2.05, 4.69) is 10.6 Å². The molecule has 0 saturated heterocycles. The van der Waals surface area contributed by atoms with Gasteiger partial charge in [-0.1, -0.05) is 31.9 Å². The van der Waals surface area contributed by atoms with Crippen LogP contribution in [-0.2, 0) is 15.0 Å². The van der Waals surface area contributed by atoms with Gasteiger partial charge < -0.3 is 10.6 Å². The Morgan fingerprint density at radius 1 is 1.17 bits per heavy atom. The number of amides is 2. The molecule has 0 heterocycles. The summed E-state index contributed by atoms with van der Waals surface area (Å²) in [5.41, 5.74) is 0.0880. The van der Waals surface area contributed by atoms with Gasteiger partial charge in [0.1, 0.15) is 5.82 Å². The molecule has 126 valence electrons. The highest BCUT2D eigenvalue weighted by Crippen LogP contribution is 2.41. The number of carbonyl (C=O) groups excluding carboxylic acids is 2. The van der Waals surface area contributed by atoms with Crippen LogP contribution < -0.4 is 10.6 Å². The molecule has 1 aromatic rings. The molecule has 1 aromatic carbocycles. The first-order valence-corrected chi connectivity index (χ1v) is 8.39. The molecular formula is C18H25FN2O2. The fourth-order valence-corrected chi connectivity index (χ4v) is 3.22. The number of hydrogen-bond donors (Lipinski definition) is 2. The van der Waals surface area contributed by atoms with Gasteiger partial charge in [0.15, 0.2) is 0 Å². The standard InChI is InChI=1S/C18H25FN2O2/c1-2-11-20-16(22)8-12-21-17(23)18(9-3-4-10-18)14-6-5-7-15(19)13-14/h5-7,13H,2-4,8-12H2,1H3,(H,20,22)(H,21,23). The van der Waals surface area contributed by atoms with Crippen LogP contribution in [-0.4, -0.2) is 24.9 Å². The summed E-state index contributed by atoms with van der Waals surface area (Å²) in [5, 5.41) is 5.65. The van der Waals surface area contributed by atoms with Gasteiger partial charge in [-0.2, -0.15) is 0 Å². The molecule has 0 unspecified atom stereocenters. The smallest absolute Gasteiger partial charge is 0.230 e. The fraction of sp³-hybridized carbons (Fsp3) is 0.556. The molecule has 0 aromatic heterocycles. The summed E-state index contributed by atoms with van der Waals surface area (Å²) < 4.78 is 13.5. The first-order valence-electron chi connectivity index (χ1n) is 8.39. The Labute approximate surface area is 136 Å². The summed E-state index contributed by atoms with van der Waals surface area (Å²) in [6.45, 7) is 2.95. The van der Waals surface area contributed by atoms with Crippen LogP contribution in [0.15, 0.2) is 24.3 Å². The average molecular weight is 320 g/mol. The third-order valence-electron chi connectivity index (χ3n) is 4.48. The number of nitrogens with one attached hydrogen (secondary N) is 2. The topological polar surface area (TPSA) is 58.2 Å². The van der Waals surface area contributed by atoms with Crippen molar-refractivity contribution in [3.8, 4) is 0 Å². The molecule has 0 aliphatic heterocycles. The SMILES string of the molecule is CCCNC(=O)CCNC(=O)C1(c2cccc(F)c2)CCCC1. The first-order chi connectivity index (χ1) is 11.1. The lowest BCUT2D eigenvalue weighted by molar-refractivity contribution is -0.126. The van der Waals surface area contributed by atoms with Crippen molar-refractivity contribution in [1.82, 2.24) is 10.6 Å². The Bertz CT molecular complexity index is 554. The van der Waals surface area contributed by atoms with Gasteiger partial charge in [-0.25, -0.2) is 4.39 Å². The van der Waals surface area contributed by atoms with E-state index in [4.69, 9.17) is 0 Å². The molecule has 23 heavy (non-hydrogen) atoms. The van der Waals surface area contributed by atoms with Crippen molar-refractivity contribution in [1.29, 1.82) is 0 Å². The van der Waals surface area contributed by atoms with Crippen molar-refractivity contribution in [2.45, 2.75) is 50.9 Å². The van der Waals surface area contributed by atoms with Crippen LogP contribution >= 0.6 is 0 Å². The molecule has 5 heteroatoms. The minimum Gasteiger partial charge on any atom is -0.356 e. The summed E-state index contributed by atoms with van der Waals surface area (Å²) in [6, 6.07) is 6.32. The Balaban J connectivity index is 1.98. The Morgan fingerprint density at radius 3 is 2.57 bits per heavy atom. The van der Waals surface area contributed by atoms with Gasteiger partial charge in [-0.3, -0.25) is 9.59 Å². The molecule has 2 rings (SSSR count). The van der Waals surface area contributed by atoms with E-state index in [1.165, 1.54) is 12.1 Å². The maximum absolute atomic E-state index is 13.5. The summed E-state index contributed by atoms with van der Waals surface area (Å²) >= 11 is 0. The second kappa shape index (κ2) is 8.09. The highest BCUT2D eigenvalue weighted by Gasteiger charge is 2.42. The second-order valence-corrected chi connectivity index (χ2v) is 6.16. The minimum atomic E-state index is -0.651. The molecule has 2 amide bonds. The Kier molecular flexibility index (Phi) is 6.13. The molecule has 0 atom stereocenters. The van der Waals surface area contributed by atoms with Crippen molar-refractivity contribution in [2.24, 2.45) is 0 Å². The van der Waals surface area contributed by atoms with E-state index >= 15 is 0 Å². The maximum Gasteiger partial charge on any atom is 0.230 e. The first kappa shape index (κ1) is 17.4. The largest absolute Gasteiger partial charge is 0.356 e. The third kappa shape index (κ3) is 4.30. The van der Waals surface area contributed by atoms with Gasteiger partial charge in [0.25, 0.3) is 0 Å². The monoisotopic (exact) mass is 320 g/mol. The van der Waals surface area contributed by atoms with Crippen LogP contribution in [0.3, 0.4) is 0 Å². The van der Waals surface area contributed by atoms with E-state index in [1.54, 1.807) is 6.07 Å². The molecule has 0 bridgehead atoms. The molecule has 1 saturated carbocycles. The Hall–Kier alpha value is -1.91. The molecular weight excluding hydrogens is 295 g/mol. The fourth-order valence-electron chi connectivity index (χ4n) is 3.22. The predicted molar refractivity (Wildman–Crippen MR) is 87.5 cm³/mol. The number of hydrogen-bond acceptors (Lipinski definition) is 2. The predicted octanol–water partition coefficient (Wildman–Crippen LogP) is 2.67. The number of rotatable bonds is 7. The molecule has 1 aliphatic carbocycles. The van der Waals surface area contributed by atoms with Crippen LogP contribution in [0.5, 0.6) is 0 Å². The minimum absolute atomic E-state index is 0.0571. The van der Waals surface area contributed by atoms with E-state index in [0.717, 1.165) is 37.7 Å². The van der Waals surface area contributed by atoms with Crippen molar-refractivity contribution in [3.63, 3.8) is 0 Å². The highest BCUT2D eigenvalue weighted by atomic mass is 19.1. The lowest BCUT2D eigenvalue weighted by Gasteiger charge is -2.28. The highest BCUT2D eigenvalue weighted by molar-refractivity contribution is 5.89. The van der Waals surface area contributed by atoms with Crippen molar-refractivity contribution in [2.75, 3.05) is 13.1 Å². The van der Waals surface area contributed by atoms with E-state index in [0.29, 0.717) is 13.1 Å². The maximum atomic E-state index is 13.5. The van der Waals surface area contributed by atoms with Crippen molar-refractivity contribution >= 4 is 11.8 Å². The van der Waals surface area contributed by atoms with Gasteiger partial charge >= 0.3 is 0 Å². The lowest BCUT2D eigenvalue weighted by Crippen LogP contribution is -2.43. The number of halogens is 1. The van der Waals surface area contributed by atoms with Gasteiger partial charge in [0.05, 0.1) is 5.41 Å². The third-order valence-corrected chi connectivity index (χ3v) is 4.48. The zero-order valence-corrected chi connectivity index (χ0v) is 13.7.